The minimum Gasteiger partial charge on any atom is -0.343 e. The number of nitrogens with one attached hydrogen (secondary N) is 1. The van der Waals surface area contributed by atoms with E-state index in [1.807, 2.05) is 24.3 Å². The Labute approximate surface area is 186 Å². The van der Waals surface area contributed by atoms with Gasteiger partial charge in [-0.1, -0.05) is 45.7 Å². The zero-order valence-corrected chi connectivity index (χ0v) is 20.5. The van der Waals surface area contributed by atoms with Crippen molar-refractivity contribution >= 4 is 24.5 Å². The highest BCUT2D eigenvalue weighted by molar-refractivity contribution is 7.53. The van der Waals surface area contributed by atoms with E-state index in [1.165, 1.54) is 0 Å². The fourth-order valence-corrected chi connectivity index (χ4v) is 5.14. The molecule has 1 amide bonds. The number of aromatic nitrogens is 2. The van der Waals surface area contributed by atoms with Crippen LogP contribution in [0.5, 0.6) is 0 Å². The molecule has 1 aromatic carbocycles. The number of carbonyl (C=O) groups is 1. The average Bonchev–Trinajstić information content (AvgIpc) is 3.09. The van der Waals surface area contributed by atoms with Gasteiger partial charge in [-0.3, -0.25) is 9.36 Å². The lowest BCUT2D eigenvalue weighted by atomic mass is 10.0. The molecule has 31 heavy (non-hydrogen) atoms. The van der Waals surface area contributed by atoms with E-state index in [1.54, 1.807) is 13.8 Å². The number of unbranched alkanes of at least 4 members (excludes halogenated alkanes) is 2. The lowest BCUT2D eigenvalue weighted by molar-refractivity contribution is -0.124. The van der Waals surface area contributed by atoms with Gasteiger partial charge in [0.25, 0.3) is 0 Å². The van der Waals surface area contributed by atoms with Gasteiger partial charge in [0.1, 0.15) is 18.2 Å². The summed E-state index contributed by atoms with van der Waals surface area (Å²) < 4.78 is 25.6. The number of rotatable bonds is 14. The fourth-order valence-electron chi connectivity index (χ4n) is 3.74. The molecule has 0 spiro atoms. The third-order valence-electron chi connectivity index (χ3n) is 5.08. The maximum Gasteiger partial charge on any atom is 0.349 e. The molecule has 0 bridgehead atoms. The largest absolute Gasteiger partial charge is 0.349 e. The lowest BCUT2D eigenvalue weighted by Gasteiger charge is -2.24. The molecule has 1 heterocycles. The predicted molar refractivity (Wildman–Crippen MR) is 125 cm³/mol. The maximum atomic E-state index is 13.4. The van der Waals surface area contributed by atoms with Crippen LogP contribution < -0.4 is 5.32 Å². The number of hydrogen-bond donors (Lipinski definition) is 1. The van der Waals surface area contributed by atoms with Crippen LogP contribution in [-0.2, 0) is 24.8 Å². The van der Waals surface area contributed by atoms with Crippen molar-refractivity contribution in [3.05, 3.63) is 30.1 Å². The van der Waals surface area contributed by atoms with E-state index in [0.717, 1.165) is 42.5 Å². The molecule has 0 saturated carbocycles. The summed E-state index contributed by atoms with van der Waals surface area (Å²) in [7, 11) is -3.36. The number of fused-ring (bicyclic) bond motifs is 1. The summed E-state index contributed by atoms with van der Waals surface area (Å²) in [5.41, 5.74) is 1.84. The van der Waals surface area contributed by atoms with Gasteiger partial charge in [0, 0.05) is 6.42 Å². The molecular formula is C23H38N3O4P. The molecule has 0 radical (unpaired) electrons. The molecule has 1 aromatic heterocycles. The number of para-hydroxylation sites is 2. The van der Waals surface area contributed by atoms with E-state index in [4.69, 9.17) is 14.0 Å². The molecule has 0 saturated heterocycles. The van der Waals surface area contributed by atoms with E-state index in [0.29, 0.717) is 12.3 Å². The molecule has 8 heteroatoms. The molecule has 2 rings (SSSR count). The minimum atomic E-state index is -3.36. The second kappa shape index (κ2) is 12.4. The van der Waals surface area contributed by atoms with Gasteiger partial charge in [-0.25, -0.2) is 4.98 Å². The number of carbonyl (C=O) groups excluding carboxylic acids is 1. The van der Waals surface area contributed by atoms with Crippen molar-refractivity contribution in [3.8, 4) is 0 Å². The van der Waals surface area contributed by atoms with E-state index in [9.17, 15) is 9.36 Å². The van der Waals surface area contributed by atoms with Gasteiger partial charge in [-0.2, -0.15) is 0 Å². The molecule has 1 unspecified atom stereocenters. The van der Waals surface area contributed by atoms with E-state index < -0.39 is 13.6 Å². The van der Waals surface area contributed by atoms with Crippen molar-refractivity contribution in [1.29, 1.82) is 0 Å². The van der Waals surface area contributed by atoms with E-state index in [2.05, 4.69) is 30.7 Å². The highest BCUT2D eigenvalue weighted by atomic mass is 31.2. The van der Waals surface area contributed by atoms with Crippen molar-refractivity contribution in [1.82, 2.24) is 14.9 Å². The molecule has 0 aliphatic rings. The first-order valence-electron chi connectivity index (χ1n) is 11.5. The SMILES string of the molecule is CCCCCc1nc2ccccc2n1C(CC(C)C)C(=O)NCP(=O)(OCC)OCC. The average molecular weight is 452 g/mol. The predicted octanol–water partition coefficient (Wildman–Crippen LogP) is 5.70. The van der Waals surface area contributed by atoms with Crippen LogP contribution in [0.25, 0.3) is 11.0 Å². The number of benzene rings is 1. The Morgan fingerprint density at radius 2 is 1.81 bits per heavy atom. The Balaban J connectivity index is 2.36. The number of imidazole rings is 1. The van der Waals surface area contributed by atoms with Gasteiger partial charge in [0.15, 0.2) is 0 Å². The maximum absolute atomic E-state index is 13.4. The summed E-state index contributed by atoms with van der Waals surface area (Å²) in [5, 5.41) is 2.85. The number of nitrogens with zero attached hydrogens (tertiary/aromatic N) is 2. The van der Waals surface area contributed by atoms with E-state index >= 15 is 0 Å². The summed E-state index contributed by atoms with van der Waals surface area (Å²) in [6.45, 7) is 10.4. The second-order valence-corrected chi connectivity index (χ2v) is 10.2. The fraction of sp³-hybridized carbons (Fsp3) is 0.652. The summed E-state index contributed by atoms with van der Waals surface area (Å²) in [6.07, 6.45) is 4.61. The number of amides is 1. The van der Waals surface area contributed by atoms with Crippen molar-refractivity contribution in [2.75, 3.05) is 19.5 Å². The molecule has 0 aliphatic carbocycles. The van der Waals surface area contributed by atoms with Crippen LogP contribution in [0.3, 0.4) is 0 Å². The number of aryl methyl sites for hydroxylation is 1. The topological polar surface area (TPSA) is 82.5 Å². The summed E-state index contributed by atoms with van der Waals surface area (Å²) >= 11 is 0. The standard InChI is InChI=1S/C23H38N3O4P/c1-6-9-10-15-22-25-19-13-11-12-14-20(19)26(22)21(16-18(4)5)23(27)24-17-31(28,29-7-2)30-8-3/h11-14,18,21H,6-10,15-17H2,1-5H3,(H,24,27). The Morgan fingerprint density at radius 3 is 2.42 bits per heavy atom. The molecule has 7 nitrogen and oxygen atoms in total. The third kappa shape index (κ3) is 7.16. The van der Waals surface area contributed by atoms with Crippen LogP contribution in [0.1, 0.15) is 72.2 Å². The molecular weight excluding hydrogens is 413 g/mol. The molecule has 2 aromatic rings. The van der Waals surface area contributed by atoms with Gasteiger partial charge in [-0.15, -0.1) is 0 Å². The van der Waals surface area contributed by atoms with Crippen LogP contribution in [0, 0.1) is 5.92 Å². The third-order valence-corrected chi connectivity index (χ3v) is 6.93. The first-order chi connectivity index (χ1) is 14.8. The molecule has 174 valence electrons. The van der Waals surface area contributed by atoms with E-state index in [-0.39, 0.29) is 25.4 Å². The molecule has 0 fully saturated rings. The summed E-state index contributed by atoms with van der Waals surface area (Å²) in [4.78, 5) is 18.2. The lowest BCUT2D eigenvalue weighted by Crippen LogP contribution is -2.35. The molecule has 0 aliphatic heterocycles. The summed E-state index contributed by atoms with van der Waals surface area (Å²) in [5.74, 6) is 1.03. The van der Waals surface area contributed by atoms with Crippen LogP contribution >= 0.6 is 7.60 Å². The smallest absolute Gasteiger partial charge is 0.343 e. The van der Waals surface area contributed by atoms with Gasteiger partial charge in [0.05, 0.1) is 24.2 Å². The number of hydrogen-bond acceptors (Lipinski definition) is 5. The Bertz CT molecular complexity index is 871. The highest BCUT2D eigenvalue weighted by Gasteiger charge is 2.30. The van der Waals surface area contributed by atoms with Gasteiger partial charge in [0.2, 0.25) is 5.91 Å². The van der Waals surface area contributed by atoms with Gasteiger partial charge < -0.3 is 18.9 Å². The van der Waals surface area contributed by atoms with Crippen LogP contribution in [-0.4, -0.2) is 35.0 Å². The molecule has 1 N–H and O–H groups in total. The van der Waals surface area contributed by atoms with Gasteiger partial charge in [-0.05, 0) is 44.7 Å². The second-order valence-electron chi connectivity index (χ2n) is 8.13. The normalized spacial score (nSPS) is 13.1. The van der Waals surface area contributed by atoms with Crippen LogP contribution in [0.2, 0.25) is 0 Å². The zero-order chi connectivity index (χ0) is 22.9. The minimum absolute atomic E-state index is 0.139. The first-order valence-corrected chi connectivity index (χ1v) is 13.2. The van der Waals surface area contributed by atoms with Crippen molar-refractivity contribution in [2.45, 2.75) is 72.8 Å². The molecule has 1 atom stereocenters. The van der Waals surface area contributed by atoms with Crippen molar-refractivity contribution in [2.24, 2.45) is 5.92 Å². The van der Waals surface area contributed by atoms with Crippen LogP contribution in [0.15, 0.2) is 24.3 Å². The monoisotopic (exact) mass is 451 g/mol. The Hall–Kier alpha value is -1.69. The van der Waals surface area contributed by atoms with Gasteiger partial charge >= 0.3 is 7.60 Å². The zero-order valence-electron chi connectivity index (χ0n) is 19.6. The van der Waals surface area contributed by atoms with Crippen LogP contribution in [0.4, 0.5) is 0 Å². The summed E-state index contributed by atoms with van der Waals surface area (Å²) in [6, 6.07) is 7.49. The highest BCUT2D eigenvalue weighted by Crippen LogP contribution is 2.46. The van der Waals surface area contributed by atoms with Crippen molar-refractivity contribution in [3.63, 3.8) is 0 Å². The van der Waals surface area contributed by atoms with Crippen molar-refractivity contribution < 1.29 is 18.4 Å². The Kier molecular flexibility index (Phi) is 10.2. The first kappa shape index (κ1) is 25.6. The quantitative estimate of drug-likeness (QED) is 0.294. The Morgan fingerprint density at radius 1 is 1.13 bits per heavy atom.